The van der Waals surface area contributed by atoms with Crippen LogP contribution in [0.3, 0.4) is 0 Å². The van der Waals surface area contributed by atoms with Crippen molar-refractivity contribution in [3.05, 3.63) is 30.0 Å². The Kier molecular flexibility index (Phi) is 3.43. The SMILES string of the molecule is Cc1ccc2cn[n-]c2c1.[Rb+]. The van der Waals surface area contributed by atoms with Gasteiger partial charge in [-0.05, 0) is 12.3 Å². The van der Waals surface area contributed by atoms with Crippen molar-refractivity contribution in [1.82, 2.24) is 10.2 Å². The standard InChI is InChI=1S/C8H7N2.Rb/c1-6-2-3-7-5-9-10-8(7)4-6;/h2-5H,1H3;/q-1;+1. The summed E-state index contributed by atoms with van der Waals surface area (Å²) < 4.78 is 0. The molecule has 0 aliphatic rings. The van der Waals surface area contributed by atoms with Crippen LogP contribution in [0.2, 0.25) is 0 Å². The average Bonchev–Trinajstić information content (AvgIpc) is 2.33. The molecule has 1 aromatic heterocycles. The molecular formula is C8H7N2Rb. The summed E-state index contributed by atoms with van der Waals surface area (Å²) >= 11 is 0. The summed E-state index contributed by atoms with van der Waals surface area (Å²) in [5, 5.41) is 8.84. The summed E-state index contributed by atoms with van der Waals surface area (Å²) in [4.78, 5) is 0. The number of fused-ring (bicyclic) bond motifs is 1. The molecule has 11 heavy (non-hydrogen) atoms. The summed E-state index contributed by atoms with van der Waals surface area (Å²) in [5.74, 6) is 0. The van der Waals surface area contributed by atoms with Crippen LogP contribution >= 0.6 is 0 Å². The molecule has 2 rings (SSSR count). The van der Waals surface area contributed by atoms with Crippen molar-refractivity contribution in [3.8, 4) is 0 Å². The maximum atomic E-state index is 3.93. The Balaban J connectivity index is 0.000000605. The van der Waals surface area contributed by atoms with Gasteiger partial charge in [0.2, 0.25) is 0 Å². The fourth-order valence-electron chi connectivity index (χ4n) is 1.00. The molecule has 0 saturated heterocycles. The predicted octanol–water partition coefficient (Wildman–Crippen LogP) is -1.50. The molecule has 0 bridgehead atoms. The van der Waals surface area contributed by atoms with Crippen LogP contribution in [0.4, 0.5) is 0 Å². The first kappa shape index (κ1) is 9.58. The van der Waals surface area contributed by atoms with Crippen molar-refractivity contribution in [3.63, 3.8) is 0 Å². The zero-order valence-electron chi connectivity index (χ0n) is 6.70. The van der Waals surface area contributed by atoms with Gasteiger partial charge in [0.25, 0.3) is 0 Å². The minimum absolute atomic E-state index is 0. The van der Waals surface area contributed by atoms with Gasteiger partial charge in [-0.15, -0.1) is 5.52 Å². The van der Waals surface area contributed by atoms with E-state index in [1.807, 2.05) is 19.1 Å². The van der Waals surface area contributed by atoms with Crippen LogP contribution in [-0.4, -0.2) is 5.10 Å². The molecule has 3 heteroatoms. The van der Waals surface area contributed by atoms with E-state index in [1.54, 1.807) is 6.20 Å². The summed E-state index contributed by atoms with van der Waals surface area (Å²) in [6, 6.07) is 6.12. The Morgan fingerprint density at radius 3 is 3.00 bits per heavy atom. The first-order chi connectivity index (χ1) is 4.86. The van der Waals surface area contributed by atoms with Crippen molar-refractivity contribution < 1.29 is 58.2 Å². The first-order valence-electron chi connectivity index (χ1n) is 3.21. The Labute approximate surface area is 114 Å². The predicted molar refractivity (Wildman–Crippen MR) is 39.8 cm³/mol. The first-order valence-corrected chi connectivity index (χ1v) is 3.21. The average molecular weight is 217 g/mol. The fraction of sp³-hybridized carbons (Fsp3) is 0.125. The molecule has 0 saturated carbocycles. The summed E-state index contributed by atoms with van der Waals surface area (Å²) in [7, 11) is 0. The van der Waals surface area contributed by atoms with Crippen LogP contribution < -0.4 is 63.3 Å². The fourth-order valence-corrected chi connectivity index (χ4v) is 1.00. The molecule has 2 aromatic rings. The van der Waals surface area contributed by atoms with Gasteiger partial charge in [-0.1, -0.05) is 23.8 Å². The van der Waals surface area contributed by atoms with Crippen molar-refractivity contribution >= 4 is 10.9 Å². The molecule has 0 radical (unpaired) electrons. The van der Waals surface area contributed by atoms with E-state index in [1.165, 1.54) is 5.56 Å². The third-order valence-corrected chi connectivity index (χ3v) is 1.55. The second-order valence-corrected chi connectivity index (χ2v) is 2.41. The zero-order chi connectivity index (χ0) is 6.97. The van der Waals surface area contributed by atoms with E-state index in [9.17, 15) is 0 Å². The van der Waals surface area contributed by atoms with Crippen molar-refractivity contribution in [2.75, 3.05) is 0 Å². The van der Waals surface area contributed by atoms with E-state index in [0.29, 0.717) is 0 Å². The number of aryl methyl sites for hydroxylation is 1. The topological polar surface area (TPSA) is 27.0 Å². The quantitative estimate of drug-likeness (QED) is 0.536. The van der Waals surface area contributed by atoms with E-state index < -0.39 is 0 Å². The van der Waals surface area contributed by atoms with Crippen LogP contribution in [0.1, 0.15) is 5.56 Å². The summed E-state index contributed by atoms with van der Waals surface area (Å²) in [6.07, 6.45) is 1.77. The minimum atomic E-state index is 0. The van der Waals surface area contributed by atoms with E-state index in [-0.39, 0.29) is 58.2 Å². The number of nitrogens with zero attached hydrogens (tertiary/aromatic N) is 2. The largest absolute Gasteiger partial charge is 1.00 e. The number of benzene rings is 1. The Morgan fingerprint density at radius 2 is 2.18 bits per heavy atom. The second-order valence-electron chi connectivity index (χ2n) is 2.41. The van der Waals surface area contributed by atoms with E-state index in [4.69, 9.17) is 0 Å². The number of rotatable bonds is 0. The van der Waals surface area contributed by atoms with Crippen molar-refractivity contribution in [2.45, 2.75) is 6.92 Å². The minimum Gasteiger partial charge on any atom is -0.575 e. The summed E-state index contributed by atoms with van der Waals surface area (Å²) in [5.41, 5.74) is 2.22. The van der Waals surface area contributed by atoms with Gasteiger partial charge in [0.1, 0.15) is 0 Å². The third kappa shape index (κ3) is 1.99. The molecule has 0 unspecified atom stereocenters. The Hall–Kier alpha value is 0.495. The Bertz CT molecular complexity index is 354. The molecule has 0 atom stereocenters. The van der Waals surface area contributed by atoms with Gasteiger partial charge in [0.05, 0.1) is 0 Å². The molecule has 0 aliphatic heterocycles. The van der Waals surface area contributed by atoms with Gasteiger partial charge in [-0.2, -0.15) is 0 Å². The number of hydrogen-bond donors (Lipinski definition) is 0. The third-order valence-electron chi connectivity index (χ3n) is 1.55. The van der Waals surface area contributed by atoms with Gasteiger partial charge in [0, 0.05) is 6.20 Å². The van der Waals surface area contributed by atoms with E-state index in [2.05, 4.69) is 16.3 Å². The van der Waals surface area contributed by atoms with Crippen LogP contribution in [0.15, 0.2) is 24.4 Å². The van der Waals surface area contributed by atoms with Gasteiger partial charge < -0.3 is 10.2 Å². The number of aromatic nitrogens is 2. The van der Waals surface area contributed by atoms with Crippen LogP contribution in [0.25, 0.3) is 10.9 Å². The van der Waals surface area contributed by atoms with Crippen LogP contribution in [0, 0.1) is 6.92 Å². The van der Waals surface area contributed by atoms with Gasteiger partial charge in [0.15, 0.2) is 0 Å². The van der Waals surface area contributed by atoms with Gasteiger partial charge >= 0.3 is 58.2 Å². The van der Waals surface area contributed by atoms with Crippen molar-refractivity contribution in [2.24, 2.45) is 0 Å². The molecule has 0 N–H and O–H groups in total. The zero-order valence-corrected chi connectivity index (χ0v) is 11.6. The monoisotopic (exact) mass is 216 g/mol. The molecule has 0 spiro atoms. The van der Waals surface area contributed by atoms with E-state index >= 15 is 0 Å². The van der Waals surface area contributed by atoms with Gasteiger partial charge in [-0.25, -0.2) is 0 Å². The normalized spacial score (nSPS) is 9.55. The molecule has 1 aromatic carbocycles. The van der Waals surface area contributed by atoms with Crippen LogP contribution in [0.5, 0.6) is 0 Å². The number of hydrogen-bond acceptors (Lipinski definition) is 1. The van der Waals surface area contributed by atoms with Crippen molar-refractivity contribution in [1.29, 1.82) is 0 Å². The maximum absolute atomic E-state index is 3.93. The molecular weight excluding hydrogens is 210 g/mol. The molecule has 50 valence electrons. The second kappa shape index (κ2) is 3.94. The Morgan fingerprint density at radius 1 is 1.36 bits per heavy atom. The molecule has 0 aliphatic carbocycles. The smallest absolute Gasteiger partial charge is 0.575 e. The molecule has 0 amide bonds. The van der Waals surface area contributed by atoms with E-state index in [0.717, 1.165) is 10.9 Å². The molecule has 1 heterocycles. The summed E-state index contributed by atoms with van der Waals surface area (Å²) in [6.45, 7) is 2.05. The van der Waals surface area contributed by atoms with Crippen LogP contribution in [-0.2, 0) is 0 Å². The maximum Gasteiger partial charge on any atom is 1.00 e. The molecule has 2 nitrogen and oxygen atoms in total. The molecule has 0 fully saturated rings. The van der Waals surface area contributed by atoms with Gasteiger partial charge in [-0.3, -0.25) is 0 Å².